The average Bonchev–Trinajstić information content (AvgIpc) is 2.52. The lowest BCUT2D eigenvalue weighted by molar-refractivity contribution is 0.0948. The summed E-state index contributed by atoms with van der Waals surface area (Å²) < 4.78 is 0. The van der Waals surface area contributed by atoms with Crippen LogP contribution in [-0.2, 0) is 0 Å². The predicted molar refractivity (Wildman–Crippen MR) is 103 cm³/mol. The van der Waals surface area contributed by atoms with Gasteiger partial charge in [0.15, 0.2) is 0 Å². The number of nitrogens with one attached hydrogen (secondary N) is 2. The Morgan fingerprint density at radius 2 is 1.76 bits per heavy atom. The van der Waals surface area contributed by atoms with Gasteiger partial charge in [-0.2, -0.15) is 0 Å². The van der Waals surface area contributed by atoms with Crippen molar-refractivity contribution in [2.75, 3.05) is 26.2 Å². The van der Waals surface area contributed by atoms with E-state index in [1.807, 2.05) is 18.2 Å². The van der Waals surface area contributed by atoms with E-state index in [1.165, 1.54) is 6.07 Å². The molecule has 5 heteroatoms. The van der Waals surface area contributed by atoms with Crippen molar-refractivity contribution in [3.63, 3.8) is 0 Å². The lowest BCUT2D eigenvalue weighted by Crippen LogP contribution is -2.38. The van der Waals surface area contributed by atoms with Gasteiger partial charge in [0.05, 0.1) is 5.56 Å². The molecule has 0 aliphatic carbocycles. The highest BCUT2D eigenvalue weighted by Crippen LogP contribution is 2.14. The van der Waals surface area contributed by atoms with Crippen LogP contribution < -0.4 is 10.9 Å². The summed E-state index contributed by atoms with van der Waals surface area (Å²) in [6.45, 7) is 12.2. The van der Waals surface area contributed by atoms with Gasteiger partial charge in [0.25, 0.3) is 5.91 Å². The molecule has 1 heterocycles. The zero-order chi connectivity index (χ0) is 18.4. The third-order valence-corrected chi connectivity index (χ3v) is 3.96. The molecule has 0 fully saturated rings. The summed E-state index contributed by atoms with van der Waals surface area (Å²) in [5.41, 5.74) is 0.852. The number of benzene rings is 1. The number of rotatable bonds is 8. The molecular formula is C20H29N3O2. The molecule has 0 saturated heterocycles. The topological polar surface area (TPSA) is 65.2 Å². The van der Waals surface area contributed by atoms with Gasteiger partial charge in [0.2, 0.25) is 5.56 Å². The molecule has 5 nitrogen and oxygen atoms in total. The molecule has 2 rings (SSSR count). The van der Waals surface area contributed by atoms with Crippen LogP contribution in [0.15, 0.2) is 35.1 Å². The smallest absolute Gasteiger partial charge is 0.252 e. The summed E-state index contributed by atoms with van der Waals surface area (Å²) in [5.74, 6) is 0.980. The molecule has 0 aliphatic rings. The van der Waals surface area contributed by atoms with E-state index in [0.717, 1.165) is 25.0 Å². The lowest BCUT2D eigenvalue weighted by atomic mass is 10.1. The van der Waals surface area contributed by atoms with Gasteiger partial charge in [0, 0.05) is 43.1 Å². The molecular weight excluding hydrogens is 314 g/mol. The van der Waals surface area contributed by atoms with Crippen molar-refractivity contribution < 1.29 is 4.79 Å². The van der Waals surface area contributed by atoms with E-state index in [4.69, 9.17) is 0 Å². The summed E-state index contributed by atoms with van der Waals surface area (Å²) in [6.07, 6.45) is 0. The van der Waals surface area contributed by atoms with Crippen molar-refractivity contribution in [2.45, 2.75) is 27.7 Å². The Bertz CT molecular complexity index is 755. The van der Waals surface area contributed by atoms with Gasteiger partial charge in [-0.05, 0) is 17.9 Å². The second-order valence-corrected chi connectivity index (χ2v) is 7.40. The molecule has 0 unspecified atom stereocenters. The second-order valence-electron chi connectivity index (χ2n) is 7.40. The Morgan fingerprint density at radius 1 is 1.12 bits per heavy atom. The van der Waals surface area contributed by atoms with E-state index in [1.54, 1.807) is 6.07 Å². The number of fused-ring (bicyclic) bond motifs is 1. The number of amides is 1. The molecule has 2 aromatic rings. The first kappa shape index (κ1) is 19.2. The summed E-state index contributed by atoms with van der Waals surface area (Å²) in [6, 6.07) is 8.74. The zero-order valence-electron chi connectivity index (χ0n) is 15.6. The molecule has 136 valence electrons. The van der Waals surface area contributed by atoms with E-state index in [2.05, 4.69) is 42.9 Å². The average molecular weight is 343 g/mol. The molecule has 1 aromatic carbocycles. The largest absolute Gasteiger partial charge is 0.351 e. The molecule has 0 atom stereocenters. The quantitative estimate of drug-likeness (QED) is 0.774. The van der Waals surface area contributed by atoms with Crippen LogP contribution in [0.2, 0.25) is 0 Å². The van der Waals surface area contributed by atoms with Crippen LogP contribution in [0.25, 0.3) is 10.9 Å². The van der Waals surface area contributed by atoms with E-state index >= 15 is 0 Å². The molecule has 0 spiro atoms. The van der Waals surface area contributed by atoms with E-state index in [0.29, 0.717) is 29.5 Å². The van der Waals surface area contributed by atoms with Crippen molar-refractivity contribution in [2.24, 2.45) is 11.8 Å². The summed E-state index contributed by atoms with van der Waals surface area (Å²) in [4.78, 5) is 29.5. The highest BCUT2D eigenvalue weighted by molar-refractivity contribution is 6.05. The maximum Gasteiger partial charge on any atom is 0.252 e. The number of hydrogen-bond donors (Lipinski definition) is 2. The standard InChI is InChI=1S/C20H29N3O2/c1-14(2)12-23(13-15(3)4)10-9-21-20(25)17-11-19(24)22-18-8-6-5-7-16(17)18/h5-8,11,14-15H,9-10,12-13H2,1-4H3,(H,21,25)(H,22,24). The number of hydrogen-bond acceptors (Lipinski definition) is 3. The van der Waals surface area contributed by atoms with Crippen molar-refractivity contribution in [3.8, 4) is 0 Å². The maximum atomic E-state index is 12.6. The van der Waals surface area contributed by atoms with Crippen LogP contribution in [0.3, 0.4) is 0 Å². The molecule has 25 heavy (non-hydrogen) atoms. The van der Waals surface area contributed by atoms with Gasteiger partial charge >= 0.3 is 0 Å². The minimum Gasteiger partial charge on any atom is -0.351 e. The van der Waals surface area contributed by atoms with Crippen LogP contribution in [0.5, 0.6) is 0 Å². The third-order valence-electron chi connectivity index (χ3n) is 3.96. The minimum atomic E-state index is -0.259. The Labute approximate surface area is 149 Å². The first-order valence-electron chi connectivity index (χ1n) is 8.99. The van der Waals surface area contributed by atoms with Crippen LogP contribution in [0.4, 0.5) is 0 Å². The Hall–Kier alpha value is -2.14. The highest BCUT2D eigenvalue weighted by Gasteiger charge is 2.13. The number of aromatic amines is 1. The molecule has 0 saturated carbocycles. The van der Waals surface area contributed by atoms with Crippen LogP contribution >= 0.6 is 0 Å². The molecule has 0 radical (unpaired) electrons. The number of carbonyl (C=O) groups is 1. The highest BCUT2D eigenvalue weighted by atomic mass is 16.2. The fourth-order valence-corrected chi connectivity index (χ4v) is 3.11. The summed E-state index contributed by atoms with van der Waals surface area (Å²) >= 11 is 0. The fourth-order valence-electron chi connectivity index (χ4n) is 3.11. The molecule has 0 aliphatic heterocycles. The van der Waals surface area contributed by atoms with Gasteiger partial charge in [-0.15, -0.1) is 0 Å². The van der Waals surface area contributed by atoms with E-state index in [-0.39, 0.29) is 11.5 Å². The zero-order valence-corrected chi connectivity index (χ0v) is 15.6. The number of para-hydroxylation sites is 1. The Morgan fingerprint density at radius 3 is 2.40 bits per heavy atom. The van der Waals surface area contributed by atoms with Gasteiger partial charge < -0.3 is 15.2 Å². The van der Waals surface area contributed by atoms with Gasteiger partial charge in [0.1, 0.15) is 0 Å². The maximum absolute atomic E-state index is 12.6. The Balaban J connectivity index is 2.04. The van der Waals surface area contributed by atoms with Gasteiger partial charge in [-0.3, -0.25) is 9.59 Å². The number of aromatic nitrogens is 1. The van der Waals surface area contributed by atoms with Gasteiger partial charge in [-0.25, -0.2) is 0 Å². The SMILES string of the molecule is CC(C)CN(CCNC(=O)c1cc(=O)[nH]c2ccccc12)CC(C)C. The lowest BCUT2D eigenvalue weighted by Gasteiger charge is -2.26. The van der Waals surface area contributed by atoms with Crippen LogP contribution in [0, 0.1) is 11.8 Å². The second kappa shape index (κ2) is 8.81. The predicted octanol–water partition coefficient (Wildman–Crippen LogP) is 2.87. The number of H-pyrrole nitrogens is 1. The normalized spacial score (nSPS) is 11.6. The fraction of sp³-hybridized carbons (Fsp3) is 0.500. The summed E-state index contributed by atoms with van der Waals surface area (Å²) in [5, 5.41) is 3.73. The molecule has 1 aromatic heterocycles. The van der Waals surface area contributed by atoms with Crippen molar-refractivity contribution in [3.05, 3.63) is 46.2 Å². The monoisotopic (exact) mass is 343 g/mol. The van der Waals surface area contributed by atoms with Crippen LogP contribution in [0.1, 0.15) is 38.1 Å². The first-order valence-corrected chi connectivity index (χ1v) is 8.99. The number of pyridine rings is 1. The van der Waals surface area contributed by atoms with Crippen molar-refractivity contribution in [1.82, 2.24) is 15.2 Å². The molecule has 0 bridgehead atoms. The van der Waals surface area contributed by atoms with Crippen LogP contribution in [-0.4, -0.2) is 42.0 Å². The van der Waals surface area contributed by atoms with E-state index in [9.17, 15) is 9.59 Å². The first-order chi connectivity index (χ1) is 11.9. The van der Waals surface area contributed by atoms with Gasteiger partial charge in [-0.1, -0.05) is 45.9 Å². The van der Waals surface area contributed by atoms with E-state index < -0.39 is 0 Å². The van der Waals surface area contributed by atoms with Crippen molar-refractivity contribution >= 4 is 16.8 Å². The minimum absolute atomic E-state index is 0.198. The third kappa shape index (κ3) is 5.71. The van der Waals surface area contributed by atoms with Crippen molar-refractivity contribution in [1.29, 1.82) is 0 Å². The molecule has 2 N–H and O–H groups in total. The Kier molecular flexibility index (Phi) is 6.76. The number of nitrogens with zero attached hydrogens (tertiary/aromatic N) is 1. The summed E-state index contributed by atoms with van der Waals surface area (Å²) in [7, 11) is 0. The number of carbonyl (C=O) groups excluding carboxylic acids is 1. The molecule has 1 amide bonds.